The third kappa shape index (κ3) is 4.78. The highest BCUT2D eigenvalue weighted by atomic mass is 16.5. The summed E-state index contributed by atoms with van der Waals surface area (Å²) in [6.07, 6.45) is 0.819. The third-order valence-corrected chi connectivity index (χ3v) is 3.53. The van der Waals surface area contributed by atoms with Gasteiger partial charge in [-0.15, -0.1) is 0 Å². The Morgan fingerprint density at radius 3 is 2.04 bits per heavy atom. The molecule has 0 radical (unpaired) electrons. The van der Waals surface area contributed by atoms with Crippen LogP contribution in [0.2, 0.25) is 0 Å². The van der Waals surface area contributed by atoms with E-state index < -0.39 is 6.10 Å². The van der Waals surface area contributed by atoms with E-state index in [1.807, 2.05) is 91.0 Å². The summed E-state index contributed by atoms with van der Waals surface area (Å²) in [6, 6.07) is 28.2. The first-order valence-electron chi connectivity index (χ1n) is 7.97. The smallest absolute Gasteiger partial charge is 0.285 e. The molecule has 0 heterocycles. The van der Waals surface area contributed by atoms with Gasteiger partial charge in [-0.05, 0) is 17.7 Å². The molecule has 1 atom stereocenters. The minimum atomic E-state index is -0.781. The molecule has 4 nitrogen and oxygen atoms in total. The van der Waals surface area contributed by atoms with Gasteiger partial charge in [-0.1, -0.05) is 78.9 Å². The van der Waals surface area contributed by atoms with E-state index in [2.05, 4.69) is 10.5 Å². The Balaban J connectivity index is 1.74. The molecule has 0 fully saturated rings. The Kier molecular flexibility index (Phi) is 5.56. The number of para-hydroxylation sites is 1. The molecule has 0 saturated carbocycles. The average Bonchev–Trinajstić information content (AvgIpc) is 2.68. The van der Waals surface area contributed by atoms with Gasteiger partial charge in [0, 0.05) is 5.56 Å². The lowest BCUT2D eigenvalue weighted by molar-refractivity contribution is -0.128. The standard InChI is InChI=1S/C21H18N2O2/c24-21(23-22-16-17-10-4-1-5-11-17)20(18-12-6-2-7-13-18)25-19-14-8-3-9-15-19/h1-16,20H,(H,23,24)/b22-16-/t20-/m1/s1. The number of carbonyl (C=O) groups excluding carboxylic acids is 1. The van der Waals surface area contributed by atoms with Crippen molar-refractivity contribution in [1.82, 2.24) is 5.43 Å². The lowest BCUT2D eigenvalue weighted by atomic mass is 10.1. The second kappa shape index (κ2) is 8.45. The number of benzene rings is 3. The zero-order valence-corrected chi connectivity index (χ0v) is 13.6. The van der Waals surface area contributed by atoms with Crippen LogP contribution in [0, 0.1) is 0 Å². The van der Waals surface area contributed by atoms with E-state index in [0.717, 1.165) is 11.1 Å². The Labute approximate surface area is 146 Å². The monoisotopic (exact) mass is 330 g/mol. The molecule has 124 valence electrons. The second-order valence-electron chi connectivity index (χ2n) is 5.37. The van der Waals surface area contributed by atoms with E-state index >= 15 is 0 Å². The number of hydrogen-bond donors (Lipinski definition) is 1. The van der Waals surface area contributed by atoms with Crippen LogP contribution in [0.15, 0.2) is 96.1 Å². The number of hydrogen-bond acceptors (Lipinski definition) is 3. The van der Waals surface area contributed by atoms with Crippen LogP contribution in [0.3, 0.4) is 0 Å². The van der Waals surface area contributed by atoms with Gasteiger partial charge in [0.1, 0.15) is 5.75 Å². The van der Waals surface area contributed by atoms with Crippen molar-refractivity contribution in [3.8, 4) is 5.75 Å². The van der Waals surface area contributed by atoms with Gasteiger partial charge in [-0.2, -0.15) is 5.10 Å². The van der Waals surface area contributed by atoms with Crippen LogP contribution in [0.1, 0.15) is 17.2 Å². The van der Waals surface area contributed by atoms with Crippen LogP contribution in [0.4, 0.5) is 0 Å². The van der Waals surface area contributed by atoms with Gasteiger partial charge in [0.25, 0.3) is 5.91 Å². The number of hydrazone groups is 1. The molecule has 1 amide bonds. The van der Waals surface area contributed by atoms with E-state index in [-0.39, 0.29) is 5.91 Å². The summed E-state index contributed by atoms with van der Waals surface area (Å²) in [5, 5.41) is 4.03. The predicted molar refractivity (Wildman–Crippen MR) is 98.4 cm³/mol. The molecular weight excluding hydrogens is 312 g/mol. The molecule has 0 aromatic heterocycles. The molecular formula is C21H18N2O2. The van der Waals surface area contributed by atoms with Crippen LogP contribution in [-0.4, -0.2) is 12.1 Å². The molecule has 0 unspecified atom stereocenters. The van der Waals surface area contributed by atoms with Crippen LogP contribution in [0.5, 0.6) is 5.75 Å². The second-order valence-corrected chi connectivity index (χ2v) is 5.37. The zero-order chi connectivity index (χ0) is 17.3. The molecule has 4 heteroatoms. The van der Waals surface area contributed by atoms with E-state index in [1.54, 1.807) is 6.21 Å². The molecule has 0 bridgehead atoms. The first-order chi connectivity index (χ1) is 12.3. The number of amides is 1. The highest BCUT2D eigenvalue weighted by Crippen LogP contribution is 2.21. The molecule has 0 spiro atoms. The lowest BCUT2D eigenvalue weighted by Crippen LogP contribution is -2.29. The number of ether oxygens (including phenoxy) is 1. The first kappa shape index (κ1) is 16.5. The molecule has 1 N–H and O–H groups in total. The largest absolute Gasteiger partial charge is 0.476 e. The van der Waals surface area contributed by atoms with Gasteiger partial charge in [0.05, 0.1) is 6.21 Å². The zero-order valence-electron chi connectivity index (χ0n) is 13.6. The maximum Gasteiger partial charge on any atom is 0.285 e. The SMILES string of the molecule is O=C(N/N=C\c1ccccc1)[C@H](Oc1ccccc1)c1ccccc1. The first-order valence-corrected chi connectivity index (χ1v) is 7.97. The molecule has 0 aliphatic carbocycles. The molecule has 3 aromatic rings. The predicted octanol–water partition coefficient (Wildman–Crippen LogP) is 3.96. The van der Waals surface area contributed by atoms with Gasteiger partial charge in [0.2, 0.25) is 6.10 Å². The number of nitrogens with zero attached hydrogens (tertiary/aromatic N) is 1. The maximum absolute atomic E-state index is 12.6. The van der Waals surface area contributed by atoms with Crippen molar-refractivity contribution < 1.29 is 9.53 Å². The van der Waals surface area contributed by atoms with Crippen molar-refractivity contribution in [2.45, 2.75) is 6.10 Å². The van der Waals surface area contributed by atoms with Crippen molar-refractivity contribution >= 4 is 12.1 Å². The van der Waals surface area contributed by atoms with E-state index in [1.165, 1.54) is 0 Å². The normalized spacial score (nSPS) is 11.8. The molecule has 0 aliphatic rings. The number of rotatable bonds is 6. The van der Waals surface area contributed by atoms with Gasteiger partial charge >= 0.3 is 0 Å². The minimum absolute atomic E-state index is 0.331. The summed E-state index contributed by atoms with van der Waals surface area (Å²) in [6.45, 7) is 0. The Morgan fingerprint density at radius 2 is 1.40 bits per heavy atom. The van der Waals surface area contributed by atoms with E-state index in [4.69, 9.17) is 4.74 Å². The van der Waals surface area contributed by atoms with Crippen LogP contribution < -0.4 is 10.2 Å². The maximum atomic E-state index is 12.6. The van der Waals surface area contributed by atoms with Crippen molar-refractivity contribution in [3.05, 3.63) is 102 Å². The topological polar surface area (TPSA) is 50.7 Å². The summed E-state index contributed by atoms with van der Waals surface area (Å²) in [7, 11) is 0. The molecule has 3 aromatic carbocycles. The summed E-state index contributed by atoms with van der Waals surface area (Å²) in [5.41, 5.74) is 4.22. The highest BCUT2D eigenvalue weighted by molar-refractivity contribution is 5.85. The van der Waals surface area contributed by atoms with Crippen molar-refractivity contribution in [3.63, 3.8) is 0 Å². The van der Waals surface area contributed by atoms with Gasteiger partial charge in [0.15, 0.2) is 0 Å². The van der Waals surface area contributed by atoms with Gasteiger partial charge < -0.3 is 4.74 Å². The van der Waals surface area contributed by atoms with Crippen molar-refractivity contribution in [2.75, 3.05) is 0 Å². The Morgan fingerprint density at radius 1 is 0.840 bits per heavy atom. The number of carbonyl (C=O) groups is 1. The summed E-state index contributed by atoms with van der Waals surface area (Å²) >= 11 is 0. The van der Waals surface area contributed by atoms with Gasteiger partial charge in [-0.25, -0.2) is 5.43 Å². The Hall–Kier alpha value is -3.40. The number of nitrogens with one attached hydrogen (secondary N) is 1. The van der Waals surface area contributed by atoms with Crippen LogP contribution >= 0.6 is 0 Å². The molecule has 3 rings (SSSR count). The molecule has 0 aliphatic heterocycles. The molecule has 0 saturated heterocycles. The van der Waals surface area contributed by atoms with Crippen molar-refractivity contribution in [1.29, 1.82) is 0 Å². The quantitative estimate of drug-likeness (QED) is 0.549. The van der Waals surface area contributed by atoms with E-state index in [9.17, 15) is 4.79 Å². The summed E-state index contributed by atoms with van der Waals surface area (Å²) < 4.78 is 5.88. The minimum Gasteiger partial charge on any atom is -0.476 e. The third-order valence-electron chi connectivity index (χ3n) is 3.53. The Bertz CT molecular complexity index is 818. The summed E-state index contributed by atoms with van der Waals surface area (Å²) in [4.78, 5) is 12.6. The fraction of sp³-hybridized carbons (Fsp3) is 0.0476. The van der Waals surface area contributed by atoms with Gasteiger partial charge in [-0.3, -0.25) is 4.79 Å². The fourth-order valence-electron chi connectivity index (χ4n) is 2.30. The summed E-state index contributed by atoms with van der Waals surface area (Å²) in [5.74, 6) is 0.292. The average molecular weight is 330 g/mol. The fourth-order valence-corrected chi connectivity index (χ4v) is 2.30. The highest BCUT2D eigenvalue weighted by Gasteiger charge is 2.22. The molecule has 25 heavy (non-hydrogen) atoms. The van der Waals surface area contributed by atoms with Crippen LogP contribution in [0.25, 0.3) is 0 Å². The van der Waals surface area contributed by atoms with Crippen molar-refractivity contribution in [2.24, 2.45) is 5.10 Å². The van der Waals surface area contributed by atoms with Crippen LogP contribution in [-0.2, 0) is 4.79 Å². The lowest BCUT2D eigenvalue weighted by Gasteiger charge is -2.17. The van der Waals surface area contributed by atoms with E-state index in [0.29, 0.717) is 5.75 Å².